The maximum absolute atomic E-state index is 7.10. The van der Waals surface area contributed by atoms with Crippen molar-refractivity contribution in [1.82, 2.24) is 10.6 Å². The van der Waals surface area contributed by atoms with Crippen molar-refractivity contribution in [3.63, 3.8) is 0 Å². The van der Waals surface area contributed by atoms with E-state index in [0.717, 1.165) is 6.61 Å². The van der Waals surface area contributed by atoms with Crippen molar-refractivity contribution in [2.24, 2.45) is 0 Å². The highest BCUT2D eigenvalue weighted by molar-refractivity contribution is 5.75. The van der Waals surface area contributed by atoms with Gasteiger partial charge in [0.05, 0.1) is 6.61 Å². The Kier molecular flexibility index (Phi) is 5.86. The van der Waals surface area contributed by atoms with Crippen LogP contribution in [0.15, 0.2) is 0 Å². The monoisotopic (exact) mass is 145 g/mol. The second kappa shape index (κ2) is 6.35. The zero-order valence-electron chi connectivity index (χ0n) is 6.53. The van der Waals surface area contributed by atoms with Gasteiger partial charge in [0.15, 0.2) is 5.96 Å². The van der Waals surface area contributed by atoms with Gasteiger partial charge in [-0.15, -0.1) is 0 Å². The molecule has 0 fully saturated rings. The fourth-order valence-electron chi connectivity index (χ4n) is 0.481. The molecule has 0 radical (unpaired) electrons. The number of rotatable bonds is 4. The van der Waals surface area contributed by atoms with Crippen LogP contribution in [0.1, 0.15) is 6.92 Å². The normalized spacial score (nSPS) is 9.00. The lowest BCUT2D eigenvalue weighted by atomic mass is 10.6. The molecule has 0 atom stereocenters. The molecule has 0 saturated carbocycles. The maximum Gasteiger partial charge on any atom is 0.188 e. The number of guanidine groups is 1. The molecule has 0 bridgehead atoms. The first-order chi connectivity index (χ1) is 4.81. The van der Waals surface area contributed by atoms with Gasteiger partial charge >= 0.3 is 0 Å². The van der Waals surface area contributed by atoms with E-state index in [1.807, 2.05) is 6.92 Å². The summed E-state index contributed by atoms with van der Waals surface area (Å²) in [6.07, 6.45) is 0. The van der Waals surface area contributed by atoms with Gasteiger partial charge in [0.25, 0.3) is 0 Å². The fraction of sp³-hybridized carbons (Fsp3) is 0.833. The minimum absolute atomic E-state index is 0.333. The highest BCUT2D eigenvalue weighted by Gasteiger charge is 1.88. The smallest absolute Gasteiger partial charge is 0.188 e. The standard InChI is InChI=1S/C6H15N3O/c1-3-10-5-4-9-6(7)8-2/h3-5H2,1-2H3,(H3,7,8,9). The summed E-state index contributed by atoms with van der Waals surface area (Å²) in [6.45, 7) is 4.02. The third-order valence-electron chi connectivity index (χ3n) is 1.00. The van der Waals surface area contributed by atoms with E-state index in [9.17, 15) is 0 Å². The molecule has 0 spiro atoms. The molecule has 0 saturated heterocycles. The first-order valence-electron chi connectivity index (χ1n) is 3.39. The Labute approximate surface area is 61.5 Å². The lowest BCUT2D eigenvalue weighted by Crippen LogP contribution is -2.35. The maximum atomic E-state index is 7.10. The highest BCUT2D eigenvalue weighted by Crippen LogP contribution is 1.69. The first-order valence-corrected chi connectivity index (χ1v) is 3.39. The molecule has 3 N–H and O–H groups in total. The van der Waals surface area contributed by atoms with Gasteiger partial charge in [-0.1, -0.05) is 0 Å². The Morgan fingerprint density at radius 3 is 2.80 bits per heavy atom. The van der Waals surface area contributed by atoms with Crippen molar-refractivity contribution in [2.45, 2.75) is 6.92 Å². The zero-order valence-corrected chi connectivity index (χ0v) is 6.53. The number of hydrogen-bond donors (Lipinski definition) is 3. The van der Waals surface area contributed by atoms with Crippen LogP contribution in [0.3, 0.4) is 0 Å². The second-order valence-electron chi connectivity index (χ2n) is 1.75. The molecule has 4 heteroatoms. The average molecular weight is 145 g/mol. The Morgan fingerprint density at radius 1 is 1.60 bits per heavy atom. The van der Waals surface area contributed by atoms with Gasteiger partial charge < -0.3 is 15.4 Å². The van der Waals surface area contributed by atoms with Crippen LogP contribution in [0.25, 0.3) is 0 Å². The van der Waals surface area contributed by atoms with E-state index < -0.39 is 0 Å². The van der Waals surface area contributed by atoms with Crippen molar-refractivity contribution in [3.05, 3.63) is 0 Å². The molecule has 0 heterocycles. The lowest BCUT2D eigenvalue weighted by Gasteiger charge is -2.05. The topological polar surface area (TPSA) is 57.1 Å². The van der Waals surface area contributed by atoms with Crippen LogP contribution in [-0.2, 0) is 4.74 Å². The molecule has 0 aliphatic carbocycles. The molecular formula is C6H15N3O. The number of nitrogens with one attached hydrogen (secondary N) is 3. The van der Waals surface area contributed by atoms with E-state index in [2.05, 4.69) is 10.6 Å². The molecule has 60 valence electrons. The predicted octanol–water partition coefficient (Wildman–Crippen LogP) is -0.233. The second-order valence-corrected chi connectivity index (χ2v) is 1.75. The van der Waals surface area contributed by atoms with E-state index >= 15 is 0 Å². The zero-order chi connectivity index (χ0) is 7.82. The van der Waals surface area contributed by atoms with Crippen molar-refractivity contribution in [3.8, 4) is 0 Å². The SMILES string of the molecule is CCOCCNC(=N)NC. The number of ether oxygens (including phenoxy) is 1. The quantitative estimate of drug-likeness (QED) is 0.291. The molecular weight excluding hydrogens is 130 g/mol. The molecule has 0 aromatic heterocycles. The molecule has 0 aromatic carbocycles. The van der Waals surface area contributed by atoms with Crippen LogP contribution in [0.2, 0.25) is 0 Å². The summed E-state index contributed by atoms with van der Waals surface area (Å²) in [4.78, 5) is 0. The number of hydrogen-bond acceptors (Lipinski definition) is 2. The van der Waals surface area contributed by atoms with Gasteiger partial charge in [-0.2, -0.15) is 0 Å². The first kappa shape index (κ1) is 9.23. The van der Waals surface area contributed by atoms with E-state index in [0.29, 0.717) is 19.1 Å². The van der Waals surface area contributed by atoms with E-state index in [1.165, 1.54) is 0 Å². The Morgan fingerprint density at radius 2 is 2.30 bits per heavy atom. The van der Waals surface area contributed by atoms with Crippen LogP contribution < -0.4 is 10.6 Å². The molecule has 0 amide bonds. The third-order valence-corrected chi connectivity index (χ3v) is 1.00. The van der Waals surface area contributed by atoms with Crippen molar-refractivity contribution < 1.29 is 4.74 Å². The summed E-state index contributed by atoms with van der Waals surface area (Å²) in [6, 6.07) is 0. The van der Waals surface area contributed by atoms with E-state index in [1.54, 1.807) is 7.05 Å². The fourth-order valence-corrected chi connectivity index (χ4v) is 0.481. The third kappa shape index (κ3) is 5.37. The van der Waals surface area contributed by atoms with Gasteiger partial charge in [-0.3, -0.25) is 5.41 Å². The minimum Gasteiger partial charge on any atom is -0.380 e. The van der Waals surface area contributed by atoms with Crippen LogP contribution in [0.4, 0.5) is 0 Å². The molecule has 0 aliphatic rings. The molecule has 0 rings (SSSR count). The highest BCUT2D eigenvalue weighted by atomic mass is 16.5. The average Bonchev–Trinajstić information content (AvgIpc) is 1.98. The summed E-state index contributed by atoms with van der Waals surface area (Å²) in [7, 11) is 1.70. The summed E-state index contributed by atoms with van der Waals surface area (Å²) in [5.41, 5.74) is 0. The molecule has 0 aromatic rings. The van der Waals surface area contributed by atoms with Gasteiger partial charge in [0.2, 0.25) is 0 Å². The summed E-state index contributed by atoms with van der Waals surface area (Å²) in [5.74, 6) is 0.333. The molecule has 0 aliphatic heterocycles. The summed E-state index contributed by atoms with van der Waals surface area (Å²) >= 11 is 0. The Hall–Kier alpha value is -0.770. The van der Waals surface area contributed by atoms with Crippen molar-refractivity contribution in [1.29, 1.82) is 5.41 Å². The van der Waals surface area contributed by atoms with Gasteiger partial charge in [-0.25, -0.2) is 0 Å². The molecule has 10 heavy (non-hydrogen) atoms. The van der Waals surface area contributed by atoms with Crippen LogP contribution in [0.5, 0.6) is 0 Å². The van der Waals surface area contributed by atoms with Gasteiger partial charge in [0, 0.05) is 20.2 Å². The Bertz CT molecular complexity index is 95.0. The van der Waals surface area contributed by atoms with Crippen LogP contribution in [0, 0.1) is 5.41 Å². The van der Waals surface area contributed by atoms with E-state index in [4.69, 9.17) is 10.1 Å². The largest absolute Gasteiger partial charge is 0.380 e. The van der Waals surface area contributed by atoms with Gasteiger partial charge in [0.1, 0.15) is 0 Å². The van der Waals surface area contributed by atoms with Gasteiger partial charge in [-0.05, 0) is 6.92 Å². The summed E-state index contributed by atoms with van der Waals surface area (Å²) < 4.78 is 5.04. The molecule has 4 nitrogen and oxygen atoms in total. The Balaban J connectivity index is 2.96. The summed E-state index contributed by atoms with van der Waals surface area (Å²) in [5, 5.41) is 12.6. The lowest BCUT2D eigenvalue weighted by molar-refractivity contribution is 0.152. The van der Waals surface area contributed by atoms with Crippen molar-refractivity contribution in [2.75, 3.05) is 26.8 Å². The van der Waals surface area contributed by atoms with Crippen LogP contribution in [-0.4, -0.2) is 32.8 Å². The van der Waals surface area contributed by atoms with Crippen molar-refractivity contribution >= 4 is 5.96 Å². The minimum atomic E-state index is 0.333. The van der Waals surface area contributed by atoms with Crippen LogP contribution >= 0.6 is 0 Å². The predicted molar refractivity (Wildman–Crippen MR) is 41.3 cm³/mol. The van der Waals surface area contributed by atoms with E-state index in [-0.39, 0.29) is 0 Å². The molecule has 0 unspecified atom stereocenters.